The van der Waals surface area contributed by atoms with E-state index in [2.05, 4.69) is 52.9 Å². The van der Waals surface area contributed by atoms with Crippen LogP contribution in [0.1, 0.15) is 86.2 Å². The molecule has 0 spiro atoms. The fraction of sp³-hybridized carbons (Fsp3) is 0.543. The summed E-state index contributed by atoms with van der Waals surface area (Å²) in [6, 6.07) is 19.9. The fourth-order valence-corrected chi connectivity index (χ4v) is 7.75. The molecular formula is C35H46Cl2FN3O2. The maximum atomic E-state index is 14.2. The van der Waals surface area contributed by atoms with Crippen molar-refractivity contribution in [3.8, 4) is 0 Å². The van der Waals surface area contributed by atoms with Crippen molar-refractivity contribution in [1.82, 2.24) is 14.7 Å². The van der Waals surface area contributed by atoms with Crippen molar-refractivity contribution in [3.05, 3.63) is 89.0 Å². The third-order valence-corrected chi connectivity index (χ3v) is 10.1. The van der Waals surface area contributed by atoms with E-state index in [1.807, 2.05) is 12.1 Å². The molecule has 0 bridgehead atoms. The summed E-state index contributed by atoms with van der Waals surface area (Å²) in [4.78, 5) is 14.9. The topological polar surface area (TPSA) is 58.4 Å². The van der Waals surface area contributed by atoms with Crippen LogP contribution in [-0.4, -0.2) is 45.4 Å². The van der Waals surface area contributed by atoms with Gasteiger partial charge in [-0.25, -0.2) is 4.39 Å². The van der Waals surface area contributed by atoms with E-state index in [0.29, 0.717) is 17.8 Å². The number of hydrogen-bond acceptors (Lipinski definition) is 3. The molecule has 1 saturated heterocycles. The number of carboxylic acids is 1. The van der Waals surface area contributed by atoms with E-state index in [9.17, 15) is 14.3 Å². The third kappa shape index (κ3) is 8.20. The van der Waals surface area contributed by atoms with E-state index in [1.54, 1.807) is 6.07 Å². The quantitative estimate of drug-likeness (QED) is 0.234. The average Bonchev–Trinajstić information content (AvgIpc) is 3.57. The van der Waals surface area contributed by atoms with E-state index in [0.717, 1.165) is 76.0 Å². The Labute approximate surface area is 268 Å². The van der Waals surface area contributed by atoms with Gasteiger partial charge in [0.15, 0.2) is 0 Å². The van der Waals surface area contributed by atoms with Gasteiger partial charge >= 0.3 is 5.97 Å². The van der Waals surface area contributed by atoms with Gasteiger partial charge in [0.05, 0.1) is 11.6 Å². The van der Waals surface area contributed by atoms with Crippen LogP contribution in [0.2, 0.25) is 0 Å². The first-order valence-corrected chi connectivity index (χ1v) is 15.8. The van der Waals surface area contributed by atoms with Crippen molar-refractivity contribution >= 4 is 30.8 Å². The number of hydrogen-bond donors (Lipinski definition) is 1. The van der Waals surface area contributed by atoms with Crippen LogP contribution in [0.15, 0.2) is 60.7 Å². The van der Waals surface area contributed by atoms with Gasteiger partial charge in [-0.1, -0.05) is 55.3 Å². The monoisotopic (exact) mass is 629 g/mol. The summed E-state index contributed by atoms with van der Waals surface area (Å²) < 4.78 is 16.4. The Balaban J connectivity index is 0.00000212. The molecule has 1 N–H and O–H groups in total. The lowest BCUT2D eigenvalue weighted by Crippen LogP contribution is -2.37. The molecule has 2 saturated carbocycles. The highest BCUT2D eigenvalue weighted by atomic mass is 35.5. The van der Waals surface area contributed by atoms with Gasteiger partial charge in [-0.15, -0.1) is 24.8 Å². The molecule has 43 heavy (non-hydrogen) atoms. The zero-order chi connectivity index (χ0) is 28.3. The standard InChI is InChI=1S/C35H44FN3O2.2ClH/c1-2-39-34(22-31(37-39)17-24-7-4-3-5-8-24)26-13-15-38(16-14-26)23-29-19-28(33(35(40)41)18-25-11-12-25)21-32(29)27-9-6-10-30(36)20-27;;/h3-10,20,22,25-26,28-29,32-33H,2,11-19,21,23H2,1H3,(H,40,41);2*1H/t28?,29?,32?,33-;;/m0../s1. The molecule has 1 aromatic heterocycles. The summed E-state index contributed by atoms with van der Waals surface area (Å²) in [7, 11) is 0. The maximum Gasteiger partial charge on any atom is 0.306 e. The van der Waals surface area contributed by atoms with E-state index in [1.165, 1.54) is 30.2 Å². The summed E-state index contributed by atoms with van der Waals surface area (Å²) in [5.41, 5.74) is 4.84. The molecule has 0 amide bonds. The number of carbonyl (C=O) groups is 1. The second-order valence-electron chi connectivity index (χ2n) is 12.9. The average molecular weight is 631 g/mol. The van der Waals surface area contributed by atoms with Gasteiger partial charge in [0.25, 0.3) is 0 Å². The van der Waals surface area contributed by atoms with Gasteiger partial charge in [-0.05, 0) is 105 Å². The number of piperidine rings is 1. The van der Waals surface area contributed by atoms with E-state index < -0.39 is 5.97 Å². The van der Waals surface area contributed by atoms with Crippen LogP contribution in [0.5, 0.6) is 0 Å². The second kappa shape index (κ2) is 15.0. The minimum Gasteiger partial charge on any atom is -0.481 e. The molecule has 1 aliphatic heterocycles. The van der Waals surface area contributed by atoms with Crippen molar-refractivity contribution in [3.63, 3.8) is 0 Å². The fourth-order valence-electron chi connectivity index (χ4n) is 7.75. The number of rotatable bonds is 11. The Morgan fingerprint density at radius 3 is 2.40 bits per heavy atom. The van der Waals surface area contributed by atoms with E-state index in [4.69, 9.17) is 5.10 Å². The first-order valence-electron chi connectivity index (χ1n) is 15.8. The van der Waals surface area contributed by atoms with Crippen LogP contribution >= 0.6 is 24.8 Å². The van der Waals surface area contributed by atoms with Crippen molar-refractivity contribution in [1.29, 1.82) is 0 Å². The molecule has 3 fully saturated rings. The number of aliphatic carboxylic acids is 1. The Morgan fingerprint density at radius 2 is 1.74 bits per heavy atom. The summed E-state index contributed by atoms with van der Waals surface area (Å²) in [6.07, 6.45) is 8.02. The minimum atomic E-state index is -0.638. The molecule has 6 rings (SSSR count). The molecule has 3 unspecified atom stereocenters. The van der Waals surface area contributed by atoms with Crippen molar-refractivity contribution < 1.29 is 14.3 Å². The largest absolute Gasteiger partial charge is 0.481 e. The van der Waals surface area contributed by atoms with Gasteiger partial charge in [0.2, 0.25) is 0 Å². The molecule has 234 valence electrons. The Kier molecular flexibility index (Phi) is 11.7. The molecule has 2 aromatic carbocycles. The minimum absolute atomic E-state index is 0. The predicted octanol–water partition coefficient (Wildman–Crippen LogP) is 7.97. The molecule has 4 atom stereocenters. The number of carboxylic acid groups (broad SMARTS) is 1. The van der Waals surface area contributed by atoms with Crippen molar-refractivity contribution in [2.24, 2.45) is 23.7 Å². The summed E-state index contributed by atoms with van der Waals surface area (Å²) >= 11 is 0. The number of aromatic nitrogens is 2. The molecule has 3 aromatic rings. The highest BCUT2D eigenvalue weighted by Gasteiger charge is 2.43. The first kappa shape index (κ1) is 33.5. The van der Waals surface area contributed by atoms with Crippen molar-refractivity contribution in [2.75, 3.05) is 19.6 Å². The van der Waals surface area contributed by atoms with Gasteiger partial charge < -0.3 is 10.0 Å². The van der Waals surface area contributed by atoms with Gasteiger partial charge in [0.1, 0.15) is 5.82 Å². The zero-order valence-corrected chi connectivity index (χ0v) is 26.7. The van der Waals surface area contributed by atoms with Gasteiger partial charge in [-0.2, -0.15) is 5.10 Å². The summed E-state index contributed by atoms with van der Waals surface area (Å²) in [6.45, 7) is 6.10. The van der Waals surface area contributed by atoms with E-state index >= 15 is 0 Å². The SMILES string of the molecule is CCn1nc(Cc2ccccc2)cc1C1CCN(CC2CC([C@H](CC3CC3)C(=O)O)CC2c2cccc(F)c2)CC1.Cl.Cl. The van der Waals surface area contributed by atoms with Crippen LogP contribution in [0, 0.1) is 29.5 Å². The Morgan fingerprint density at radius 1 is 1.00 bits per heavy atom. The summed E-state index contributed by atoms with van der Waals surface area (Å²) in [5, 5.41) is 15.0. The number of aryl methyl sites for hydroxylation is 1. The molecule has 3 aliphatic rings. The van der Waals surface area contributed by atoms with Crippen LogP contribution in [0.3, 0.4) is 0 Å². The molecule has 0 radical (unpaired) electrons. The van der Waals surface area contributed by atoms with Crippen LogP contribution in [0.4, 0.5) is 4.39 Å². The zero-order valence-electron chi connectivity index (χ0n) is 25.1. The second-order valence-corrected chi connectivity index (χ2v) is 12.9. The number of benzene rings is 2. The Bertz CT molecular complexity index is 1320. The first-order chi connectivity index (χ1) is 20.0. The van der Waals surface area contributed by atoms with Crippen LogP contribution in [-0.2, 0) is 17.8 Å². The van der Waals surface area contributed by atoms with Crippen LogP contribution < -0.4 is 0 Å². The third-order valence-electron chi connectivity index (χ3n) is 10.1. The summed E-state index contributed by atoms with van der Waals surface area (Å²) in [5.74, 6) is 0.743. The van der Waals surface area contributed by atoms with Gasteiger partial charge in [0, 0.05) is 31.1 Å². The lowest BCUT2D eigenvalue weighted by atomic mass is 9.85. The molecule has 2 aliphatic carbocycles. The highest BCUT2D eigenvalue weighted by molar-refractivity contribution is 5.85. The molecule has 8 heteroatoms. The van der Waals surface area contributed by atoms with Crippen molar-refractivity contribution in [2.45, 2.75) is 76.7 Å². The molecule has 2 heterocycles. The van der Waals surface area contributed by atoms with Gasteiger partial charge in [-0.3, -0.25) is 9.48 Å². The molecule has 5 nitrogen and oxygen atoms in total. The van der Waals surface area contributed by atoms with E-state index in [-0.39, 0.29) is 48.4 Å². The lowest BCUT2D eigenvalue weighted by Gasteiger charge is -2.35. The lowest BCUT2D eigenvalue weighted by molar-refractivity contribution is -0.144. The number of halogens is 3. The predicted molar refractivity (Wildman–Crippen MR) is 174 cm³/mol. The highest BCUT2D eigenvalue weighted by Crippen LogP contribution is 2.49. The normalized spacial score (nSPS) is 23.3. The number of nitrogens with zero attached hydrogens (tertiary/aromatic N) is 3. The number of likely N-dealkylation sites (tertiary alicyclic amines) is 1. The Hall–Kier alpha value is -2.41. The van der Waals surface area contributed by atoms with Crippen LogP contribution in [0.25, 0.3) is 0 Å². The maximum absolute atomic E-state index is 14.2. The smallest absolute Gasteiger partial charge is 0.306 e. The molecular weight excluding hydrogens is 584 g/mol.